The Kier molecular flexibility index (Phi) is 5.13. The van der Waals surface area contributed by atoms with E-state index in [0.717, 1.165) is 19.3 Å². The summed E-state index contributed by atoms with van der Waals surface area (Å²) < 4.78 is 1.21. The third-order valence-corrected chi connectivity index (χ3v) is 4.35. The average Bonchev–Trinajstić information content (AvgIpc) is 2.51. The molecule has 0 aliphatic heterocycles. The molecular weight excluding hydrogens is 260 g/mol. The predicted octanol–water partition coefficient (Wildman–Crippen LogP) is 3.85. The molecule has 0 aliphatic rings. The molecule has 1 heterocycles. The molecule has 0 saturated carbocycles. The normalized spacial score (nSPS) is 13.5. The first-order valence-corrected chi connectivity index (χ1v) is 6.68. The van der Waals surface area contributed by atoms with Crippen LogP contribution in [0.1, 0.15) is 31.6 Å². The topological polar surface area (TPSA) is 20.2 Å². The lowest BCUT2D eigenvalue weighted by molar-refractivity contribution is 0.114. The summed E-state index contributed by atoms with van der Waals surface area (Å²) in [4.78, 5) is 1.39. The Morgan fingerprint density at radius 2 is 2.21 bits per heavy atom. The summed E-state index contributed by atoms with van der Waals surface area (Å²) in [6.07, 6.45) is 2.90. The van der Waals surface area contributed by atoms with E-state index in [9.17, 15) is 5.11 Å². The highest BCUT2D eigenvalue weighted by Gasteiger charge is 2.09. The first kappa shape index (κ1) is 12.2. The molecule has 1 aromatic rings. The summed E-state index contributed by atoms with van der Waals surface area (Å²) in [5.41, 5.74) is 0. The summed E-state index contributed by atoms with van der Waals surface area (Å²) >= 11 is 5.29. The van der Waals surface area contributed by atoms with Gasteiger partial charge >= 0.3 is 0 Å². The lowest BCUT2D eigenvalue weighted by Crippen LogP contribution is -2.14. The van der Waals surface area contributed by atoms with Crippen LogP contribution in [-0.2, 0) is 6.42 Å². The molecule has 0 spiro atoms. The van der Waals surface area contributed by atoms with E-state index < -0.39 is 0 Å². The molecular formula is C11H17BrOS. The molecule has 1 unspecified atom stereocenters. The Morgan fingerprint density at radius 1 is 1.50 bits per heavy atom. The van der Waals surface area contributed by atoms with Gasteiger partial charge in [-0.3, -0.25) is 0 Å². The van der Waals surface area contributed by atoms with Crippen LogP contribution in [0.3, 0.4) is 0 Å². The zero-order chi connectivity index (χ0) is 10.6. The molecule has 14 heavy (non-hydrogen) atoms. The molecule has 0 bridgehead atoms. The first-order valence-electron chi connectivity index (χ1n) is 5.01. The Labute approximate surface area is 98.3 Å². The van der Waals surface area contributed by atoms with Crippen LogP contribution < -0.4 is 0 Å². The number of hydrogen-bond donors (Lipinski definition) is 1. The molecule has 0 aromatic carbocycles. The summed E-state index contributed by atoms with van der Waals surface area (Å²) in [5.74, 6) is 0.377. The number of halogens is 1. The third-order valence-electron chi connectivity index (χ3n) is 2.36. The maximum atomic E-state index is 9.62. The molecule has 0 saturated heterocycles. The van der Waals surface area contributed by atoms with Crippen LogP contribution >= 0.6 is 27.3 Å². The molecule has 1 N–H and O–H groups in total. The van der Waals surface area contributed by atoms with Crippen molar-refractivity contribution in [2.24, 2.45) is 5.92 Å². The maximum absolute atomic E-state index is 9.62. The second-order valence-electron chi connectivity index (χ2n) is 3.90. The monoisotopic (exact) mass is 276 g/mol. The number of aliphatic hydroxyl groups excluding tert-OH is 1. The molecule has 3 heteroatoms. The predicted molar refractivity (Wildman–Crippen MR) is 65.8 cm³/mol. The zero-order valence-electron chi connectivity index (χ0n) is 8.66. The summed E-state index contributed by atoms with van der Waals surface area (Å²) in [5, 5.41) is 11.7. The quantitative estimate of drug-likeness (QED) is 0.866. The van der Waals surface area contributed by atoms with Crippen LogP contribution in [0.15, 0.2) is 15.9 Å². The Hall–Kier alpha value is 0.140. The lowest BCUT2D eigenvalue weighted by atomic mass is 10.0. The van der Waals surface area contributed by atoms with Crippen LogP contribution in [0, 0.1) is 5.92 Å². The van der Waals surface area contributed by atoms with Gasteiger partial charge in [-0.1, -0.05) is 13.8 Å². The van der Waals surface area contributed by atoms with E-state index in [1.807, 2.05) is 0 Å². The van der Waals surface area contributed by atoms with E-state index in [0.29, 0.717) is 5.92 Å². The third kappa shape index (κ3) is 3.71. The highest BCUT2D eigenvalue weighted by Crippen LogP contribution is 2.24. The molecule has 1 atom stereocenters. The summed E-state index contributed by atoms with van der Waals surface area (Å²) in [7, 11) is 0. The molecule has 0 radical (unpaired) electrons. The molecule has 0 fully saturated rings. The smallest absolute Gasteiger partial charge is 0.0563 e. The van der Waals surface area contributed by atoms with Gasteiger partial charge < -0.3 is 5.11 Å². The number of rotatable bonds is 5. The fraction of sp³-hybridized carbons (Fsp3) is 0.636. The Balaban J connectivity index is 2.25. The van der Waals surface area contributed by atoms with Crippen LogP contribution in [0.25, 0.3) is 0 Å². The first-order chi connectivity index (χ1) is 6.61. The fourth-order valence-electron chi connectivity index (χ4n) is 1.31. The van der Waals surface area contributed by atoms with E-state index >= 15 is 0 Å². The molecule has 80 valence electrons. The Bertz CT molecular complexity index is 270. The van der Waals surface area contributed by atoms with Crippen molar-refractivity contribution < 1.29 is 5.11 Å². The van der Waals surface area contributed by atoms with E-state index in [2.05, 4.69) is 41.2 Å². The van der Waals surface area contributed by atoms with Crippen molar-refractivity contribution in [3.8, 4) is 0 Å². The molecule has 1 nitrogen and oxygen atoms in total. The van der Waals surface area contributed by atoms with Crippen molar-refractivity contribution in [1.29, 1.82) is 0 Å². The van der Waals surface area contributed by atoms with Gasteiger partial charge in [0.2, 0.25) is 0 Å². The minimum absolute atomic E-state index is 0.145. The highest BCUT2D eigenvalue weighted by molar-refractivity contribution is 9.10. The second kappa shape index (κ2) is 5.89. The van der Waals surface area contributed by atoms with Crippen molar-refractivity contribution >= 4 is 27.3 Å². The van der Waals surface area contributed by atoms with Crippen molar-refractivity contribution in [3.63, 3.8) is 0 Å². The van der Waals surface area contributed by atoms with Gasteiger partial charge in [0.05, 0.1) is 6.10 Å². The van der Waals surface area contributed by atoms with Crippen LogP contribution in [0.5, 0.6) is 0 Å². The highest BCUT2D eigenvalue weighted by atomic mass is 79.9. The Morgan fingerprint density at radius 3 is 2.71 bits per heavy atom. The van der Waals surface area contributed by atoms with Gasteiger partial charge in [0.25, 0.3) is 0 Å². The number of thiophene rings is 1. The van der Waals surface area contributed by atoms with Crippen LogP contribution in [0.4, 0.5) is 0 Å². The summed E-state index contributed by atoms with van der Waals surface area (Å²) in [6, 6.07) is 2.08. The maximum Gasteiger partial charge on any atom is 0.0563 e. The van der Waals surface area contributed by atoms with E-state index in [-0.39, 0.29) is 6.10 Å². The van der Waals surface area contributed by atoms with Crippen molar-refractivity contribution in [1.82, 2.24) is 0 Å². The molecule has 1 rings (SSSR count). The van der Waals surface area contributed by atoms with Gasteiger partial charge in [-0.15, -0.1) is 11.3 Å². The van der Waals surface area contributed by atoms with Gasteiger partial charge in [0.1, 0.15) is 0 Å². The summed E-state index contributed by atoms with van der Waals surface area (Å²) in [6.45, 7) is 4.12. The van der Waals surface area contributed by atoms with E-state index in [4.69, 9.17) is 0 Å². The molecule has 1 aromatic heterocycles. The SMILES string of the molecule is CC(C)C(O)CCCc1sccc1Br. The van der Waals surface area contributed by atoms with Crippen molar-refractivity contribution in [2.75, 3.05) is 0 Å². The van der Waals surface area contributed by atoms with Gasteiger partial charge in [-0.25, -0.2) is 0 Å². The fourth-order valence-corrected chi connectivity index (χ4v) is 2.91. The van der Waals surface area contributed by atoms with Crippen LogP contribution in [0.2, 0.25) is 0 Å². The number of aliphatic hydroxyl groups is 1. The van der Waals surface area contributed by atoms with Crippen LogP contribution in [-0.4, -0.2) is 11.2 Å². The molecule has 0 amide bonds. The van der Waals surface area contributed by atoms with Gasteiger partial charge in [-0.05, 0) is 52.6 Å². The van der Waals surface area contributed by atoms with Crippen molar-refractivity contribution in [2.45, 2.75) is 39.2 Å². The van der Waals surface area contributed by atoms with Crippen molar-refractivity contribution in [3.05, 3.63) is 20.8 Å². The minimum atomic E-state index is -0.145. The average molecular weight is 277 g/mol. The van der Waals surface area contributed by atoms with E-state index in [1.165, 1.54) is 9.35 Å². The second-order valence-corrected chi connectivity index (χ2v) is 5.75. The van der Waals surface area contributed by atoms with Gasteiger partial charge in [0, 0.05) is 9.35 Å². The lowest BCUT2D eigenvalue weighted by Gasteiger charge is -2.13. The standard InChI is InChI=1S/C11H17BrOS/c1-8(2)10(13)4-3-5-11-9(12)6-7-14-11/h6-8,10,13H,3-5H2,1-2H3. The number of hydrogen-bond acceptors (Lipinski definition) is 2. The van der Waals surface area contributed by atoms with Gasteiger partial charge in [0.15, 0.2) is 0 Å². The zero-order valence-corrected chi connectivity index (χ0v) is 11.1. The largest absolute Gasteiger partial charge is 0.393 e. The van der Waals surface area contributed by atoms with Gasteiger partial charge in [-0.2, -0.15) is 0 Å². The number of aryl methyl sites for hydroxylation is 1. The molecule has 0 aliphatic carbocycles. The van der Waals surface area contributed by atoms with E-state index in [1.54, 1.807) is 11.3 Å². The minimum Gasteiger partial charge on any atom is -0.393 e.